The van der Waals surface area contributed by atoms with E-state index in [9.17, 15) is 0 Å². The van der Waals surface area contributed by atoms with Gasteiger partial charge in [0.15, 0.2) is 0 Å². The van der Waals surface area contributed by atoms with Crippen molar-refractivity contribution in [1.29, 1.82) is 0 Å². The Bertz CT molecular complexity index is 1590. The van der Waals surface area contributed by atoms with Gasteiger partial charge in [-0.3, -0.25) is 0 Å². The average Bonchev–Trinajstić information content (AvgIpc) is 3.42. The Kier molecular flexibility index (Phi) is 11.2. The summed E-state index contributed by atoms with van der Waals surface area (Å²) in [6.45, 7) is 26.3. The molecule has 0 fully saturated rings. The molecule has 2 aliphatic carbocycles. The molecule has 2 aliphatic rings. The maximum atomic E-state index is 2.68. The van der Waals surface area contributed by atoms with Crippen LogP contribution in [0.2, 0.25) is 0 Å². The molecule has 0 radical (unpaired) electrons. The predicted molar refractivity (Wildman–Crippen MR) is 177 cm³/mol. The molecule has 1 atom stereocenters. The molecule has 0 heterocycles. The summed E-state index contributed by atoms with van der Waals surface area (Å²) in [6, 6.07) is 24.0. The summed E-state index contributed by atoms with van der Waals surface area (Å²) >= 11 is -2.60. The standard InChI is InChI=1S/C21H25.C10H15.C9H10.2ClH.Zr/c1-20(2,3)16-9-7-14-11-15-8-10-17(21(4,5)6)13-19(15)18(14)12-16;1-7(2)10-6-8(3)5-9(10)4;1-2-6-9-7-4-3-5-8-9;;;/h7,9-10,12-13H,11H2,1-6H3;6-8H,1-4H3;3-5,7-8H,2H2,1H3;2*1H;/q;;;;;+2/p-2. The maximum absolute atomic E-state index is 2.68. The average molecular weight is 693 g/mol. The van der Waals surface area contributed by atoms with E-state index in [-0.39, 0.29) is 35.6 Å². The number of allylic oxidation sites excluding steroid dienone is 4. The van der Waals surface area contributed by atoms with E-state index in [1.165, 1.54) is 33.4 Å². The van der Waals surface area contributed by atoms with Crippen LogP contribution in [-0.4, -0.2) is 3.21 Å². The van der Waals surface area contributed by atoms with E-state index in [1.807, 2.05) is 0 Å². The Labute approximate surface area is 282 Å². The second-order valence-corrected chi connectivity index (χ2v) is 20.8. The van der Waals surface area contributed by atoms with Crippen molar-refractivity contribution in [3.8, 4) is 11.1 Å². The molecule has 3 aromatic carbocycles. The molecule has 0 bridgehead atoms. The van der Waals surface area contributed by atoms with Crippen molar-refractivity contribution in [3.05, 3.63) is 109 Å². The van der Waals surface area contributed by atoms with Gasteiger partial charge < -0.3 is 24.8 Å². The minimum atomic E-state index is -2.60. The zero-order valence-electron chi connectivity index (χ0n) is 28.2. The van der Waals surface area contributed by atoms with Gasteiger partial charge in [0.05, 0.1) is 0 Å². The summed E-state index contributed by atoms with van der Waals surface area (Å²) in [5.74, 6) is 1.07. The molecule has 0 saturated heterocycles. The third-order valence-corrected chi connectivity index (χ3v) is 18.3. The fraction of sp³-hybridized carbons (Fsp3) is 0.425. The van der Waals surface area contributed by atoms with Gasteiger partial charge in [0.25, 0.3) is 0 Å². The van der Waals surface area contributed by atoms with Gasteiger partial charge in [-0.1, -0.05) is 0 Å². The molecule has 0 N–H and O–H groups in total. The summed E-state index contributed by atoms with van der Waals surface area (Å²) in [7, 11) is 0. The van der Waals surface area contributed by atoms with Crippen LogP contribution in [0.4, 0.5) is 0 Å². The smallest absolute Gasteiger partial charge is 1.00 e. The Morgan fingerprint density at radius 2 is 1.44 bits per heavy atom. The van der Waals surface area contributed by atoms with E-state index in [1.54, 1.807) is 26.5 Å². The summed E-state index contributed by atoms with van der Waals surface area (Å²) in [5, 5.41) is 0. The quantitative estimate of drug-likeness (QED) is 0.294. The molecule has 0 nitrogen and oxygen atoms in total. The normalized spacial score (nSPS) is 16.3. The van der Waals surface area contributed by atoms with Gasteiger partial charge >= 0.3 is 260 Å². The molecular formula is C40H50Cl2Zr. The molecule has 0 saturated carbocycles. The summed E-state index contributed by atoms with van der Waals surface area (Å²) < 4.78 is 5.27. The summed E-state index contributed by atoms with van der Waals surface area (Å²) in [4.78, 5) is 0. The van der Waals surface area contributed by atoms with Gasteiger partial charge in [0.1, 0.15) is 0 Å². The number of hydrogen-bond donors (Lipinski definition) is 0. The zero-order chi connectivity index (χ0) is 29.9. The largest absolute Gasteiger partial charge is 1.00 e. The molecule has 0 aromatic heterocycles. The van der Waals surface area contributed by atoms with Crippen LogP contribution >= 0.6 is 0 Å². The molecule has 3 aromatic rings. The van der Waals surface area contributed by atoms with Crippen LogP contribution in [0.1, 0.15) is 110 Å². The van der Waals surface area contributed by atoms with Gasteiger partial charge in [-0.2, -0.15) is 0 Å². The summed E-state index contributed by atoms with van der Waals surface area (Å²) in [5.41, 5.74) is 13.9. The topological polar surface area (TPSA) is 0 Å². The van der Waals surface area contributed by atoms with Crippen LogP contribution in [0.5, 0.6) is 0 Å². The van der Waals surface area contributed by atoms with Gasteiger partial charge in [0.2, 0.25) is 0 Å². The first-order valence-corrected chi connectivity index (χ1v) is 19.4. The molecule has 43 heavy (non-hydrogen) atoms. The monoisotopic (exact) mass is 690 g/mol. The Hall–Kier alpha value is -1.53. The fourth-order valence-corrected chi connectivity index (χ4v) is 16.0. The first-order chi connectivity index (χ1) is 19.2. The first-order valence-electron chi connectivity index (χ1n) is 15.8. The summed E-state index contributed by atoms with van der Waals surface area (Å²) in [6.07, 6.45) is 4.79. The number of halogens is 2. The Morgan fingerprint density at radius 1 is 0.837 bits per heavy atom. The number of benzene rings is 3. The van der Waals surface area contributed by atoms with E-state index in [2.05, 4.69) is 143 Å². The van der Waals surface area contributed by atoms with E-state index >= 15 is 0 Å². The second kappa shape index (κ2) is 13.5. The van der Waals surface area contributed by atoms with E-state index in [4.69, 9.17) is 0 Å². The second-order valence-electron chi connectivity index (χ2n) is 14.8. The zero-order valence-corrected chi connectivity index (χ0v) is 32.1. The Morgan fingerprint density at radius 3 is 1.98 bits per heavy atom. The van der Waals surface area contributed by atoms with Crippen molar-refractivity contribution in [1.82, 2.24) is 0 Å². The van der Waals surface area contributed by atoms with Crippen LogP contribution in [-0.2, 0) is 38.5 Å². The van der Waals surface area contributed by atoms with Crippen molar-refractivity contribution in [2.24, 2.45) is 11.8 Å². The van der Waals surface area contributed by atoms with Crippen LogP contribution in [0.15, 0.2) is 81.2 Å². The minimum absolute atomic E-state index is 0. The fourth-order valence-electron chi connectivity index (χ4n) is 7.05. The molecule has 0 amide bonds. The third kappa shape index (κ3) is 6.86. The van der Waals surface area contributed by atoms with Crippen LogP contribution in [0, 0.1) is 11.8 Å². The van der Waals surface area contributed by atoms with Crippen molar-refractivity contribution in [3.63, 3.8) is 0 Å². The van der Waals surface area contributed by atoms with Crippen molar-refractivity contribution in [2.75, 3.05) is 0 Å². The molecule has 0 spiro atoms. The maximum Gasteiger partial charge on any atom is -1.00 e. The predicted octanol–water partition coefficient (Wildman–Crippen LogP) is 4.24. The van der Waals surface area contributed by atoms with Gasteiger partial charge in [-0.05, 0) is 0 Å². The molecule has 228 valence electrons. The molecule has 3 heteroatoms. The molecule has 0 aliphatic heterocycles. The van der Waals surface area contributed by atoms with Crippen LogP contribution in [0.3, 0.4) is 0 Å². The third-order valence-electron chi connectivity index (χ3n) is 9.41. The van der Waals surface area contributed by atoms with E-state index in [0.717, 1.165) is 12.8 Å². The molecular weight excluding hydrogens is 643 g/mol. The molecule has 5 rings (SSSR count). The van der Waals surface area contributed by atoms with Gasteiger partial charge in [0, 0.05) is 0 Å². The number of rotatable bonds is 5. The number of hydrogen-bond acceptors (Lipinski definition) is 0. The molecule has 1 unspecified atom stereocenters. The van der Waals surface area contributed by atoms with Crippen LogP contribution < -0.4 is 28.1 Å². The van der Waals surface area contributed by atoms with Crippen molar-refractivity contribution >= 4 is 6.48 Å². The van der Waals surface area contributed by atoms with E-state index in [0.29, 0.717) is 11.8 Å². The van der Waals surface area contributed by atoms with Gasteiger partial charge in [-0.15, -0.1) is 0 Å². The van der Waals surface area contributed by atoms with Crippen LogP contribution in [0.25, 0.3) is 11.1 Å². The SMILES string of the molecule is CC/[C](c1ccccc1)=[Zr+2](\[C]1=C(C)C(C(C)C)=CC1C)[c]1cc(C(C)(C)C)cc2c1Cc1ccc(C(C)(C)C)cc1-2.[Cl-].[Cl-]. The minimum Gasteiger partial charge on any atom is -1.00 e. The van der Waals surface area contributed by atoms with Crippen molar-refractivity contribution < 1.29 is 46.1 Å². The number of fused-ring (bicyclic) bond motifs is 3. The Balaban J connectivity index is 0.00000253. The van der Waals surface area contributed by atoms with Gasteiger partial charge in [-0.25, -0.2) is 0 Å². The first kappa shape index (κ1) is 35.9. The van der Waals surface area contributed by atoms with Crippen molar-refractivity contribution in [2.45, 2.75) is 99.8 Å². The van der Waals surface area contributed by atoms with E-state index < -0.39 is 21.3 Å².